The Hall–Kier alpha value is -4.39. The van der Waals surface area contributed by atoms with E-state index in [0.29, 0.717) is 47.9 Å². The second-order valence-electron chi connectivity index (χ2n) is 9.31. The minimum absolute atomic E-state index is 0.0581. The van der Waals surface area contributed by atoms with Gasteiger partial charge in [-0.2, -0.15) is 0 Å². The van der Waals surface area contributed by atoms with Crippen LogP contribution in [-0.4, -0.2) is 29.3 Å². The van der Waals surface area contributed by atoms with Gasteiger partial charge in [-0.1, -0.05) is 35.9 Å². The lowest BCUT2D eigenvalue weighted by Crippen LogP contribution is -2.29. The molecule has 37 heavy (non-hydrogen) atoms. The van der Waals surface area contributed by atoms with Crippen molar-refractivity contribution in [3.05, 3.63) is 99.3 Å². The minimum Gasteiger partial charge on any atom is -0.486 e. The lowest BCUT2D eigenvalue weighted by molar-refractivity contribution is -0.119. The fourth-order valence-corrected chi connectivity index (χ4v) is 4.49. The van der Waals surface area contributed by atoms with E-state index in [9.17, 15) is 14.4 Å². The SMILES string of the molecule is CC(=O)c1cccc(CC(=O)Cn2c(=O)c(CNc3ccc(C)cc3)cc3cc4c(cc32)OCCO4)c1. The lowest BCUT2D eigenvalue weighted by Gasteiger charge is -2.21. The number of aryl methyl sites for hydroxylation is 1. The van der Waals surface area contributed by atoms with E-state index in [0.717, 1.165) is 22.2 Å². The number of pyridine rings is 1. The van der Waals surface area contributed by atoms with Crippen molar-refractivity contribution < 1.29 is 19.1 Å². The van der Waals surface area contributed by atoms with Gasteiger partial charge in [0.05, 0.1) is 12.1 Å². The standard InChI is InChI=1S/C30H28N2O5/c1-19-6-8-25(9-7-19)31-17-24-14-23-15-28-29(37-11-10-36-28)16-27(23)32(30(24)35)18-26(34)13-21-4-3-5-22(12-21)20(2)33/h3-9,12,14-16,31H,10-11,13,17-18H2,1-2H3. The van der Waals surface area contributed by atoms with Gasteiger partial charge in [-0.3, -0.25) is 14.4 Å². The van der Waals surface area contributed by atoms with Crippen LogP contribution in [0.5, 0.6) is 11.5 Å². The molecule has 0 radical (unpaired) electrons. The summed E-state index contributed by atoms with van der Waals surface area (Å²) in [6, 6.07) is 20.4. The van der Waals surface area contributed by atoms with Crippen LogP contribution in [0.25, 0.3) is 10.9 Å². The third kappa shape index (κ3) is 5.40. The minimum atomic E-state index is -0.241. The summed E-state index contributed by atoms with van der Waals surface area (Å²) in [7, 11) is 0. The monoisotopic (exact) mass is 496 g/mol. The van der Waals surface area contributed by atoms with Gasteiger partial charge in [0.1, 0.15) is 13.2 Å². The molecule has 4 aromatic rings. The fourth-order valence-electron chi connectivity index (χ4n) is 4.49. The molecule has 0 unspecified atom stereocenters. The number of aromatic nitrogens is 1. The fraction of sp³-hybridized carbons (Fsp3) is 0.233. The predicted octanol–water partition coefficient (Wildman–Crippen LogP) is 4.71. The molecule has 1 aliphatic rings. The number of carbonyl (C=O) groups is 2. The maximum atomic E-state index is 13.6. The molecule has 0 bridgehead atoms. The largest absolute Gasteiger partial charge is 0.486 e. The maximum Gasteiger partial charge on any atom is 0.256 e. The summed E-state index contributed by atoms with van der Waals surface area (Å²) >= 11 is 0. The quantitative estimate of drug-likeness (QED) is 0.356. The van der Waals surface area contributed by atoms with E-state index in [1.807, 2.05) is 49.4 Å². The second-order valence-corrected chi connectivity index (χ2v) is 9.31. The summed E-state index contributed by atoms with van der Waals surface area (Å²) < 4.78 is 13.0. The average molecular weight is 497 g/mol. The van der Waals surface area contributed by atoms with Crippen LogP contribution in [0.1, 0.15) is 34.0 Å². The van der Waals surface area contributed by atoms with E-state index < -0.39 is 0 Å². The first-order chi connectivity index (χ1) is 17.9. The number of hydrogen-bond donors (Lipinski definition) is 1. The molecule has 0 amide bonds. The molecule has 7 heteroatoms. The molecule has 3 aromatic carbocycles. The maximum absolute atomic E-state index is 13.6. The summed E-state index contributed by atoms with van der Waals surface area (Å²) in [5.74, 6) is 0.979. The van der Waals surface area contributed by atoms with Crippen LogP contribution in [0.2, 0.25) is 0 Å². The van der Waals surface area contributed by atoms with Crippen LogP contribution >= 0.6 is 0 Å². The number of benzene rings is 3. The molecule has 0 aliphatic carbocycles. The van der Waals surface area contributed by atoms with Gasteiger partial charge in [-0.05, 0) is 49.7 Å². The van der Waals surface area contributed by atoms with E-state index in [1.54, 1.807) is 24.3 Å². The lowest BCUT2D eigenvalue weighted by atomic mass is 10.0. The van der Waals surface area contributed by atoms with Crippen LogP contribution in [0.4, 0.5) is 5.69 Å². The number of fused-ring (bicyclic) bond motifs is 2. The molecule has 2 heterocycles. The number of hydrogen-bond acceptors (Lipinski definition) is 6. The third-order valence-electron chi connectivity index (χ3n) is 6.44. The first-order valence-corrected chi connectivity index (χ1v) is 12.3. The van der Waals surface area contributed by atoms with E-state index in [1.165, 1.54) is 11.5 Å². The van der Waals surface area contributed by atoms with Crippen molar-refractivity contribution in [2.24, 2.45) is 0 Å². The Morgan fingerprint density at radius 1 is 0.946 bits per heavy atom. The van der Waals surface area contributed by atoms with Crippen LogP contribution in [0, 0.1) is 6.92 Å². The molecule has 188 valence electrons. The van der Waals surface area contributed by atoms with Crippen molar-refractivity contribution >= 4 is 28.2 Å². The van der Waals surface area contributed by atoms with Crippen molar-refractivity contribution in [3.63, 3.8) is 0 Å². The molecular weight excluding hydrogens is 468 g/mol. The summed E-state index contributed by atoms with van der Waals surface area (Å²) in [4.78, 5) is 38.5. The molecule has 0 fully saturated rings. The summed E-state index contributed by atoms with van der Waals surface area (Å²) in [5, 5.41) is 4.09. The van der Waals surface area contributed by atoms with Gasteiger partial charge in [0.15, 0.2) is 23.1 Å². The first kappa shape index (κ1) is 24.3. The molecule has 0 saturated carbocycles. The Labute approximate surface area is 214 Å². The van der Waals surface area contributed by atoms with Gasteiger partial charge in [-0.15, -0.1) is 0 Å². The normalized spacial score (nSPS) is 12.4. The number of Topliss-reactive ketones (excluding diaryl/α,β-unsaturated/α-hetero) is 2. The number of ether oxygens (including phenoxy) is 2. The molecule has 5 rings (SSSR count). The highest BCUT2D eigenvalue weighted by Gasteiger charge is 2.18. The zero-order valence-corrected chi connectivity index (χ0v) is 20.9. The zero-order valence-electron chi connectivity index (χ0n) is 20.9. The van der Waals surface area contributed by atoms with Gasteiger partial charge >= 0.3 is 0 Å². The Kier molecular flexibility index (Phi) is 6.77. The highest BCUT2D eigenvalue weighted by Crippen LogP contribution is 2.34. The smallest absolute Gasteiger partial charge is 0.256 e. The van der Waals surface area contributed by atoms with Crippen molar-refractivity contribution in [2.45, 2.75) is 33.4 Å². The summed E-state index contributed by atoms with van der Waals surface area (Å²) in [6.45, 7) is 4.60. The number of nitrogens with zero attached hydrogens (tertiary/aromatic N) is 1. The molecule has 0 atom stereocenters. The number of carbonyl (C=O) groups excluding carboxylic acids is 2. The highest BCUT2D eigenvalue weighted by molar-refractivity contribution is 5.94. The van der Waals surface area contributed by atoms with Crippen LogP contribution < -0.4 is 20.3 Å². The van der Waals surface area contributed by atoms with Crippen molar-refractivity contribution in [1.29, 1.82) is 0 Å². The molecule has 1 N–H and O–H groups in total. The Bertz CT molecular complexity index is 1550. The second kappa shape index (κ2) is 10.3. The van der Waals surface area contributed by atoms with Gasteiger partial charge in [-0.25, -0.2) is 0 Å². The third-order valence-corrected chi connectivity index (χ3v) is 6.44. The molecule has 1 aliphatic heterocycles. The predicted molar refractivity (Wildman–Crippen MR) is 143 cm³/mol. The van der Waals surface area contributed by atoms with Crippen molar-refractivity contribution in [2.75, 3.05) is 18.5 Å². The number of ketones is 2. The van der Waals surface area contributed by atoms with Crippen LogP contribution in [-0.2, 0) is 24.3 Å². The van der Waals surface area contributed by atoms with Gasteiger partial charge in [0.25, 0.3) is 5.56 Å². The molecule has 1 aromatic heterocycles. The van der Waals surface area contributed by atoms with Crippen molar-refractivity contribution in [3.8, 4) is 11.5 Å². The van der Waals surface area contributed by atoms with E-state index in [4.69, 9.17) is 9.47 Å². The molecule has 0 saturated heterocycles. The summed E-state index contributed by atoms with van der Waals surface area (Å²) in [6.07, 6.45) is 0.117. The first-order valence-electron chi connectivity index (χ1n) is 12.3. The highest BCUT2D eigenvalue weighted by atomic mass is 16.6. The topological polar surface area (TPSA) is 86.6 Å². The van der Waals surface area contributed by atoms with E-state index >= 15 is 0 Å². The Balaban J connectivity index is 1.49. The Morgan fingerprint density at radius 2 is 1.68 bits per heavy atom. The molecule has 0 spiro atoms. The molecular formula is C30H28N2O5. The van der Waals surface area contributed by atoms with Crippen LogP contribution in [0.15, 0.2) is 71.5 Å². The van der Waals surface area contributed by atoms with Gasteiger partial charge < -0.3 is 19.4 Å². The van der Waals surface area contributed by atoms with Gasteiger partial charge in [0, 0.05) is 41.2 Å². The van der Waals surface area contributed by atoms with Gasteiger partial charge in [0.2, 0.25) is 0 Å². The zero-order chi connectivity index (χ0) is 25.9. The van der Waals surface area contributed by atoms with Crippen molar-refractivity contribution in [1.82, 2.24) is 4.57 Å². The molecule has 7 nitrogen and oxygen atoms in total. The Morgan fingerprint density at radius 3 is 2.41 bits per heavy atom. The number of rotatable bonds is 8. The van der Waals surface area contributed by atoms with E-state index in [-0.39, 0.29) is 30.1 Å². The average Bonchev–Trinajstić information content (AvgIpc) is 2.89. The number of nitrogens with one attached hydrogen (secondary N) is 1. The summed E-state index contributed by atoms with van der Waals surface area (Å²) in [5.41, 5.74) is 4.25. The van der Waals surface area contributed by atoms with Crippen LogP contribution in [0.3, 0.4) is 0 Å². The number of anilines is 1. The van der Waals surface area contributed by atoms with E-state index in [2.05, 4.69) is 5.32 Å².